The summed E-state index contributed by atoms with van der Waals surface area (Å²) >= 11 is 0. The zero-order valence-corrected chi connectivity index (χ0v) is 23.6. The molecular formula is C30H36N8O3. The maximum atomic E-state index is 12.4. The van der Waals surface area contributed by atoms with E-state index in [9.17, 15) is 4.79 Å². The third kappa shape index (κ3) is 5.30. The Morgan fingerprint density at radius 1 is 1.17 bits per heavy atom. The number of hydrogen-bond donors (Lipinski definition) is 3. The number of pyridine rings is 1. The van der Waals surface area contributed by atoms with Crippen LogP contribution in [0.25, 0.3) is 0 Å². The van der Waals surface area contributed by atoms with Crippen molar-refractivity contribution in [1.82, 2.24) is 20.3 Å². The zero-order chi connectivity index (χ0) is 28.5. The molecule has 11 heteroatoms. The standard InChI is InChI=1S/C30H36N8O3/c1-5-30(39)36-23-12-24(27(40-4)13-26(23)37-16-20-10-21(37)11-22(20)31-3)35-28-14-29(34-17-33-28)38-25(8-9-41-38)19-7-6-18(2)32-15-19/h5-7,12-15,17,20-22,25,31H,1,8-11,16H2,2-4H3,(H,36,39)(H,33,34,35)/t20-,21-,22?,25+/m0/s1. The van der Waals surface area contributed by atoms with Gasteiger partial charge in [-0.15, -0.1) is 0 Å². The van der Waals surface area contributed by atoms with Gasteiger partial charge in [-0.05, 0) is 56.5 Å². The highest BCUT2D eigenvalue weighted by Gasteiger charge is 2.44. The molecule has 1 aromatic carbocycles. The molecule has 214 valence electrons. The van der Waals surface area contributed by atoms with Crippen LogP contribution in [-0.4, -0.2) is 60.3 Å². The van der Waals surface area contributed by atoms with Gasteiger partial charge >= 0.3 is 0 Å². The summed E-state index contributed by atoms with van der Waals surface area (Å²) in [5, 5.41) is 11.6. The van der Waals surface area contributed by atoms with E-state index in [0.29, 0.717) is 53.4 Å². The van der Waals surface area contributed by atoms with Gasteiger partial charge in [-0.1, -0.05) is 12.6 Å². The van der Waals surface area contributed by atoms with Gasteiger partial charge in [0.05, 0.1) is 36.8 Å². The van der Waals surface area contributed by atoms with Crippen molar-refractivity contribution >= 4 is 34.6 Å². The van der Waals surface area contributed by atoms with Crippen LogP contribution in [0.1, 0.15) is 36.6 Å². The highest BCUT2D eigenvalue weighted by molar-refractivity contribution is 6.02. The Labute approximate surface area is 239 Å². The molecule has 6 rings (SSSR count). The van der Waals surface area contributed by atoms with Crippen molar-refractivity contribution in [2.24, 2.45) is 5.92 Å². The second-order valence-corrected chi connectivity index (χ2v) is 10.8. The lowest BCUT2D eigenvalue weighted by Crippen LogP contribution is -2.42. The van der Waals surface area contributed by atoms with Crippen LogP contribution >= 0.6 is 0 Å². The molecule has 3 N–H and O–H groups in total. The number of carbonyl (C=O) groups is 1. The van der Waals surface area contributed by atoms with E-state index in [4.69, 9.17) is 9.57 Å². The first-order chi connectivity index (χ1) is 20.0. The number of nitrogens with one attached hydrogen (secondary N) is 3. The number of amides is 1. The predicted molar refractivity (Wildman–Crippen MR) is 159 cm³/mol. The molecule has 1 saturated carbocycles. The van der Waals surface area contributed by atoms with E-state index in [1.165, 1.54) is 12.4 Å². The Bertz CT molecular complexity index is 1430. The lowest BCUT2D eigenvalue weighted by atomic mass is 10.0. The van der Waals surface area contributed by atoms with Gasteiger partial charge < -0.3 is 25.6 Å². The van der Waals surface area contributed by atoms with E-state index in [2.05, 4.69) is 48.4 Å². The molecule has 4 heterocycles. The number of benzene rings is 1. The van der Waals surface area contributed by atoms with Gasteiger partial charge in [0.2, 0.25) is 5.91 Å². The Balaban J connectivity index is 1.29. The molecule has 2 bridgehead atoms. The SMILES string of the molecule is C=CC(=O)Nc1cc(Nc2cc(N3OCC[C@@H]3c3ccc(C)nc3)ncn2)c(OC)cc1N1C[C@@H]2C[C@H]1CC2NC. The number of aromatic nitrogens is 3. The molecule has 2 saturated heterocycles. The summed E-state index contributed by atoms with van der Waals surface area (Å²) in [5.41, 5.74) is 4.33. The monoisotopic (exact) mass is 556 g/mol. The largest absolute Gasteiger partial charge is 0.494 e. The van der Waals surface area contributed by atoms with E-state index in [1.807, 2.05) is 49.5 Å². The molecule has 41 heavy (non-hydrogen) atoms. The number of methoxy groups -OCH3 is 1. The Morgan fingerprint density at radius 2 is 2.05 bits per heavy atom. The van der Waals surface area contributed by atoms with E-state index < -0.39 is 0 Å². The maximum absolute atomic E-state index is 12.4. The Kier molecular flexibility index (Phi) is 7.46. The molecule has 1 aliphatic carbocycles. The molecule has 3 aromatic rings. The van der Waals surface area contributed by atoms with E-state index in [-0.39, 0.29) is 11.9 Å². The van der Waals surface area contributed by atoms with Crippen LogP contribution in [0.3, 0.4) is 0 Å². The third-order valence-corrected chi connectivity index (χ3v) is 8.35. The lowest BCUT2D eigenvalue weighted by molar-refractivity contribution is -0.111. The van der Waals surface area contributed by atoms with Gasteiger partial charge in [0.1, 0.15) is 17.9 Å². The van der Waals surface area contributed by atoms with Crippen LogP contribution in [0.15, 0.2) is 55.5 Å². The number of fused-ring (bicyclic) bond motifs is 2. The van der Waals surface area contributed by atoms with Crippen molar-refractivity contribution in [3.05, 3.63) is 66.8 Å². The Hall–Kier alpha value is -4.22. The zero-order valence-electron chi connectivity index (χ0n) is 23.6. The summed E-state index contributed by atoms with van der Waals surface area (Å²) in [4.78, 5) is 34.2. The maximum Gasteiger partial charge on any atom is 0.247 e. The average Bonchev–Trinajstić information content (AvgIpc) is 3.74. The van der Waals surface area contributed by atoms with Crippen LogP contribution in [0.2, 0.25) is 0 Å². The highest BCUT2D eigenvalue weighted by atomic mass is 16.7. The van der Waals surface area contributed by atoms with Crippen molar-refractivity contribution < 1.29 is 14.4 Å². The van der Waals surface area contributed by atoms with Gasteiger partial charge in [-0.3, -0.25) is 14.6 Å². The molecule has 11 nitrogen and oxygen atoms in total. The van der Waals surface area contributed by atoms with Crippen molar-refractivity contribution in [2.75, 3.05) is 47.9 Å². The molecule has 1 amide bonds. The van der Waals surface area contributed by atoms with Crippen LogP contribution in [0, 0.1) is 12.8 Å². The summed E-state index contributed by atoms with van der Waals surface area (Å²) < 4.78 is 5.82. The molecule has 2 aromatic heterocycles. The quantitative estimate of drug-likeness (QED) is 0.332. The van der Waals surface area contributed by atoms with Crippen LogP contribution in [-0.2, 0) is 9.63 Å². The normalized spacial score (nSPS) is 23.1. The minimum atomic E-state index is -0.271. The fraction of sp³-hybridized carbons (Fsp3) is 0.400. The minimum Gasteiger partial charge on any atom is -0.494 e. The van der Waals surface area contributed by atoms with E-state index in [1.54, 1.807) is 7.11 Å². The summed E-state index contributed by atoms with van der Waals surface area (Å²) in [6.45, 7) is 7.11. The number of anilines is 5. The lowest BCUT2D eigenvalue weighted by Gasteiger charge is -2.34. The van der Waals surface area contributed by atoms with E-state index in [0.717, 1.165) is 42.8 Å². The van der Waals surface area contributed by atoms with Crippen LogP contribution in [0.5, 0.6) is 5.75 Å². The minimum absolute atomic E-state index is 0.00122. The number of carbonyl (C=O) groups excluding carboxylic acids is 1. The van der Waals surface area contributed by atoms with Gasteiger partial charge in [-0.2, -0.15) is 0 Å². The average molecular weight is 557 g/mol. The van der Waals surface area contributed by atoms with Crippen molar-refractivity contribution in [3.8, 4) is 5.75 Å². The third-order valence-electron chi connectivity index (χ3n) is 8.35. The fourth-order valence-corrected chi connectivity index (χ4v) is 6.31. The van der Waals surface area contributed by atoms with Crippen LogP contribution < -0.4 is 30.7 Å². The topological polar surface area (TPSA) is 117 Å². The number of nitrogens with zero attached hydrogens (tertiary/aromatic N) is 5. The molecule has 0 spiro atoms. The van der Waals surface area contributed by atoms with Gasteiger partial charge in [-0.25, -0.2) is 15.0 Å². The number of piperidine rings is 1. The summed E-state index contributed by atoms with van der Waals surface area (Å²) in [6, 6.07) is 10.7. The number of hydrogen-bond acceptors (Lipinski definition) is 10. The van der Waals surface area contributed by atoms with Crippen LogP contribution in [0.4, 0.5) is 28.7 Å². The van der Waals surface area contributed by atoms with Gasteiger partial charge in [0, 0.05) is 49.1 Å². The first-order valence-corrected chi connectivity index (χ1v) is 14.0. The molecule has 4 atom stereocenters. The smallest absolute Gasteiger partial charge is 0.247 e. The number of rotatable bonds is 9. The van der Waals surface area contributed by atoms with Crippen molar-refractivity contribution in [3.63, 3.8) is 0 Å². The molecule has 3 aliphatic rings. The van der Waals surface area contributed by atoms with Gasteiger partial charge in [0.25, 0.3) is 0 Å². The van der Waals surface area contributed by atoms with Crippen molar-refractivity contribution in [2.45, 2.75) is 44.3 Å². The second-order valence-electron chi connectivity index (χ2n) is 10.8. The first kappa shape index (κ1) is 27.0. The summed E-state index contributed by atoms with van der Waals surface area (Å²) in [5.74, 6) is 2.14. The first-order valence-electron chi connectivity index (χ1n) is 14.0. The predicted octanol–water partition coefficient (Wildman–Crippen LogP) is 4.13. The summed E-state index contributed by atoms with van der Waals surface area (Å²) in [7, 11) is 3.67. The molecule has 1 unspecified atom stereocenters. The molecule has 0 radical (unpaired) electrons. The van der Waals surface area contributed by atoms with E-state index >= 15 is 0 Å². The van der Waals surface area contributed by atoms with Crippen molar-refractivity contribution in [1.29, 1.82) is 0 Å². The highest BCUT2D eigenvalue weighted by Crippen LogP contribution is 2.46. The number of hydroxylamine groups is 1. The number of ether oxygens (including phenoxy) is 1. The molecule has 2 aliphatic heterocycles. The second kappa shape index (κ2) is 11.3. The number of aryl methyl sites for hydroxylation is 1. The molecule has 3 fully saturated rings. The Morgan fingerprint density at radius 3 is 2.76 bits per heavy atom. The fourth-order valence-electron chi connectivity index (χ4n) is 6.31. The summed E-state index contributed by atoms with van der Waals surface area (Å²) in [6.07, 6.45) is 7.70. The molecular weight excluding hydrogens is 520 g/mol. The van der Waals surface area contributed by atoms with Gasteiger partial charge in [0.15, 0.2) is 5.82 Å².